The fourth-order valence-corrected chi connectivity index (χ4v) is 11.8. The Morgan fingerprint density at radius 3 is 2.52 bits per heavy atom. The largest absolute Gasteiger partial charge is 0.488 e. The molecule has 2 unspecified atom stereocenters. The molecule has 65 heavy (non-hydrogen) atoms. The number of nitrogens with zero attached hydrogens (tertiary/aromatic N) is 4. The lowest BCUT2D eigenvalue weighted by Gasteiger charge is -2.52. The average molecular weight is 887 g/mol. The second-order valence-corrected chi connectivity index (χ2v) is 18.8. The first-order valence-corrected chi connectivity index (χ1v) is 23.1. The van der Waals surface area contributed by atoms with Crippen molar-refractivity contribution in [3.8, 4) is 28.1 Å². The molecule has 16 heteroatoms. The van der Waals surface area contributed by atoms with Gasteiger partial charge < -0.3 is 49.3 Å². The van der Waals surface area contributed by atoms with Gasteiger partial charge in [-0.2, -0.15) is 0 Å². The number of hydrogen-bond donors (Lipinski definition) is 4. The fourth-order valence-electron chi connectivity index (χ4n) is 11.8. The van der Waals surface area contributed by atoms with Gasteiger partial charge in [0.05, 0.1) is 61.4 Å². The van der Waals surface area contributed by atoms with Crippen molar-refractivity contribution in [2.45, 2.75) is 128 Å². The first kappa shape index (κ1) is 42.8. The summed E-state index contributed by atoms with van der Waals surface area (Å²) >= 11 is 0. The Morgan fingerprint density at radius 2 is 1.74 bits per heavy atom. The van der Waals surface area contributed by atoms with Crippen LogP contribution in [0.2, 0.25) is 0 Å². The molecule has 2 aromatic heterocycles. The van der Waals surface area contributed by atoms with Crippen LogP contribution in [-0.4, -0.2) is 104 Å². The molecule has 0 spiro atoms. The van der Waals surface area contributed by atoms with Crippen LogP contribution in [0, 0.1) is 17.8 Å². The van der Waals surface area contributed by atoms with Gasteiger partial charge in [-0.25, -0.2) is 19.6 Å². The average Bonchev–Trinajstić information content (AvgIpc) is 4.14. The summed E-state index contributed by atoms with van der Waals surface area (Å²) in [5.74, 6) is 1.91. The number of benzene rings is 3. The van der Waals surface area contributed by atoms with Crippen LogP contribution in [-0.2, 0) is 30.4 Å². The SMILES string of the molecule is CC[C@H](C)[C@H](NC(=O)OC)C(=O)N1[C@@H](C)CC[C@H]1c1ncc(-c2ccc3c(c2)COc2cc4c(ccc5nc([C@@H]6CC[C@@H]7C8C(C[C@@H](C)O[C@@H]8C)[C@H](NC(=O)OC)C(=O)N76)[nH]c54)cc2-3)[nH]1. The lowest BCUT2D eigenvalue weighted by Crippen LogP contribution is -2.66. The van der Waals surface area contributed by atoms with Crippen molar-refractivity contribution >= 4 is 45.8 Å². The van der Waals surface area contributed by atoms with Gasteiger partial charge in [-0.15, -0.1) is 0 Å². The number of likely N-dealkylation sites (tertiary alicyclic amines) is 1. The molecule has 11 atom stereocenters. The van der Waals surface area contributed by atoms with Crippen molar-refractivity contribution in [1.82, 2.24) is 40.4 Å². The van der Waals surface area contributed by atoms with Crippen LogP contribution in [0.5, 0.6) is 5.75 Å². The number of ether oxygens (including phenoxy) is 4. The van der Waals surface area contributed by atoms with Gasteiger partial charge in [0.2, 0.25) is 11.8 Å². The van der Waals surface area contributed by atoms with Crippen LogP contribution >= 0.6 is 0 Å². The van der Waals surface area contributed by atoms with Gasteiger partial charge in [0.25, 0.3) is 0 Å². The van der Waals surface area contributed by atoms with Crippen LogP contribution in [0.1, 0.15) is 102 Å². The van der Waals surface area contributed by atoms with Gasteiger partial charge in [0, 0.05) is 29.0 Å². The molecule has 5 aromatic rings. The van der Waals surface area contributed by atoms with Crippen molar-refractivity contribution in [3.63, 3.8) is 0 Å². The molecule has 4 saturated heterocycles. The molecular formula is C49H58N8O8. The summed E-state index contributed by atoms with van der Waals surface area (Å²) in [5.41, 5.74) is 6.61. The van der Waals surface area contributed by atoms with Gasteiger partial charge in [0.15, 0.2) is 0 Å². The molecule has 0 saturated carbocycles. The van der Waals surface area contributed by atoms with E-state index in [9.17, 15) is 19.2 Å². The Kier molecular flexibility index (Phi) is 11.0. The topological polar surface area (TPSA) is 193 Å². The number of nitrogens with one attached hydrogen (secondary N) is 4. The van der Waals surface area contributed by atoms with Gasteiger partial charge in [-0.05, 0) is 111 Å². The molecule has 0 bridgehead atoms. The molecule has 4 amide bonds. The van der Waals surface area contributed by atoms with Gasteiger partial charge in [-0.1, -0.05) is 38.5 Å². The first-order chi connectivity index (χ1) is 31.4. The molecule has 4 fully saturated rings. The third kappa shape index (κ3) is 7.24. The number of aromatic nitrogens is 4. The zero-order valence-corrected chi connectivity index (χ0v) is 38.0. The molecule has 16 nitrogen and oxygen atoms in total. The number of imidazole rings is 2. The monoisotopic (exact) mass is 886 g/mol. The van der Waals surface area contributed by atoms with Gasteiger partial charge in [-0.3, -0.25) is 9.59 Å². The van der Waals surface area contributed by atoms with Crippen LogP contribution in [0.3, 0.4) is 0 Å². The van der Waals surface area contributed by atoms with Crippen LogP contribution in [0.4, 0.5) is 9.59 Å². The Hall–Kier alpha value is -6.16. The first-order valence-electron chi connectivity index (χ1n) is 23.1. The minimum absolute atomic E-state index is 0.0165. The van der Waals surface area contributed by atoms with E-state index in [4.69, 9.17) is 28.9 Å². The molecule has 0 radical (unpaired) electrons. The van der Waals surface area contributed by atoms with E-state index in [0.717, 1.165) is 93.4 Å². The summed E-state index contributed by atoms with van der Waals surface area (Å²) in [6, 6.07) is 12.7. The summed E-state index contributed by atoms with van der Waals surface area (Å²) in [5, 5.41) is 7.67. The third-order valence-electron chi connectivity index (χ3n) is 15.1. The predicted octanol–water partition coefficient (Wildman–Crippen LogP) is 7.69. The van der Waals surface area contributed by atoms with E-state index in [1.807, 2.05) is 49.8 Å². The number of aromatic amines is 2. The summed E-state index contributed by atoms with van der Waals surface area (Å²) < 4.78 is 22.6. The minimum atomic E-state index is -0.710. The maximum atomic E-state index is 14.4. The molecule has 0 aliphatic carbocycles. The number of carbonyl (C=O) groups is 4. The number of rotatable bonds is 8. The van der Waals surface area contributed by atoms with Crippen molar-refractivity contribution in [3.05, 3.63) is 65.9 Å². The number of alkyl carbamates (subject to hydrolysis) is 2. The highest BCUT2D eigenvalue weighted by atomic mass is 16.5. The second kappa shape index (κ2) is 16.7. The molecular weight excluding hydrogens is 829 g/mol. The number of fused-ring (bicyclic) bond motifs is 9. The molecule has 3 aromatic carbocycles. The summed E-state index contributed by atoms with van der Waals surface area (Å²) in [4.78, 5) is 74.1. The summed E-state index contributed by atoms with van der Waals surface area (Å²) in [6.07, 6.45) is 5.05. The normalized spacial score (nSPS) is 27.9. The summed E-state index contributed by atoms with van der Waals surface area (Å²) in [7, 11) is 2.62. The molecule has 4 N–H and O–H groups in total. The van der Waals surface area contributed by atoms with Gasteiger partial charge >= 0.3 is 12.2 Å². The Bertz CT molecular complexity index is 2700. The van der Waals surface area contributed by atoms with Crippen LogP contribution < -0.4 is 15.4 Å². The highest BCUT2D eigenvalue weighted by Gasteiger charge is 2.57. The maximum absolute atomic E-state index is 14.4. The number of H-pyrrole nitrogens is 2. The summed E-state index contributed by atoms with van der Waals surface area (Å²) in [6.45, 7) is 10.5. The Labute approximate surface area is 377 Å². The Balaban J connectivity index is 0.909. The van der Waals surface area contributed by atoms with E-state index < -0.39 is 24.3 Å². The zero-order chi connectivity index (χ0) is 45.4. The Morgan fingerprint density at radius 1 is 0.938 bits per heavy atom. The number of hydrogen-bond acceptors (Lipinski definition) is 10. The van der Waals surface area contributed by atoms with E-state index in [2.05, 4.69) is 63.9 Å². The quantitative estimate of drug-likeness (QED) is 0.120. The van der Waals surface area contributed by atoms with E-state index in [1.54, 1.807) is 0 Å². The van der Waals surface area contributed by atoms with Crippen molar-refractivity contribution < 1.29 is 38.1 Å². The highest BCUT2D eigenvalue weighted by molar-refractivity contribution is 6.07. The lowest BCUT2D eigenvalue weighted by atomic mass is 9.69. The molecule has 7 heterocycles. The van der Waals surface area contributed by atoms with Crippen molar-refractivity contribution in [2.24, 2.45) is 17.8 Å². The van der Waals surface area contributed by atoms with Crippen LogP contribution in [0.15, 0.2) is 48.7 Å². The standard InChI is InChI=1S/C49H58N8O8/c1-8-23(2)41(54-48(60)62-6)46(58)56-24(3)9-14-37(56)44-50-21-35(52-44)28-10-12-30-29(18-28)22-64-39-20-31-27(19-32(30)39)11-13-34-42(31)53-45(51-34)38-16-15-36-40-26(5)65-25(4)17-33(40)43(47(59)57(36)38)55-49(61)63-7/h10-13,18-21,23-26,33,36-38,40-41,43H,8-9,14-17,22H2,1-7H3,(H,50,52)(H,51,53)(H,54,60)(H,55,61)/t23-,24-,25+,26+,33?,36+,37-,38-,40?,41-,43-/m0/s1. The number of amides is 4. The smallest absolute Gasteiger partial charge is 0.407 e. The minimum Gasteiger partial charge on any atom is -0.488 e. The molecule has 342 valence electrons. The van der Waals surface area contributed by atoms with E-state index >= 15 is 0 Å². The van der Waals surface area contributed by atoms with E-state index in [1.165, 1.54) is 14.2 Å². The number of carbonyl (C=O) groups excluding carboxylic acids is 4. The van der Waals surface area contributed by atoms with Crippen molar-refractivity contribution in [2.75, 3.05) is 14.2 Å². The third-order valence-corrected chi connectivity index (χ3v) is 15.1. The van der Waals surface area contributed by atoms with E-state index in [0.29, 0.717) is 18.9 Å². The zero-order valence-electron chi connectivity index (χ0n) is 38.0. The predicted molar refractivity (Wildman–Crippen MR) is 242 cm³/mol. The maximum Gasteiger partial charge on any atom is 0.407 e. The molecule has 10 rings (SSSR count). The van der Waals surface area contributed by atoms with E-state index in [-0.39, 0.29) is 65.9 Å². The molecule has 5 aliphatic rings. The highest BCUT2D eigenvalue weighted by Crippen LogP contribution is 2.50. The van der Waals surface area contributed by atoms with Crippen molar-refractivity contribution in [1.29, 1.82) is 0 Å². The van der Waals surface area contributed by atoms with Crippen LogP contribution in [0.25, 0.3) is 44.2 Å². The molecule has 5 aliphatic heterocycles. The lowest BCUT2D eigenvalue weighted by molar-refractivity contribution is -0.168. The second-order valence-electron chi connectivity index (χ2n) is 18.8. The number of piperidine rings is 1. The fraction of sp³-hybridized carbons (Fsp3) is 0.510. The number of methoxy groups -OCH3 is 2. The van der Waals surface area contributed by atoms with Gasteiger partial charge in [0.1, 0.15) is 36.1 Å².